The highest BCUT2D eigenvalue weighted by Gasteiger charge is 2.48. The fourth-order valence-corrected chi connectivity index (χ4v) is 3.65. The van der Waals surface area contributed by atoms with Gasteiger partial charge in [0.1, 0.15) is 5.60 Å². The van der Waals surface area contributed by atoms with E-state index >= 15 is 0 Å². The van der Waals surface area contributed by atoms with E-state index in [2.05, 4.69) is 31.1 Å². The molecule has 0 aliphatic heterocycles. The van der Waals surface area contributed by atoms with E-state index in [0.717, 1.165) is 24.8 Å². The van der Waals surface area contributed by atoms with Gasteiger partial charge >= 0.3 is 0 Å². The third-order valence-corrected chi connectivity index (χ3v) is 4.86. The summed E-state index contributed by atoms with van der Waals surface area (Å²) in [6.45, 7) is 6.83. The zero-order valence-electron chi connectivity index (χ0n) is 13.9. The number of aliphatic hydroxyl groups is 1. The second-order valence-electron chi connectivity index (χ2n) is 7.03. The topological polar surface area (TPSA) is 62.2 Å². The number of pyridine rings is 1. The van der Waals surface area contributed by atoms with E-state index in [9.17, 15) is 9.90 Å². The third kappa shape index (κ3) is 3.86. The Balaban J connectivity index is 1.96. The van der Waals surface area contributed by atoms with Crippen LogP contribution in [0.15, 0.2) is 24.5 Å². The van der Waals surface area contributed by atoms with Crippen LogP contribution < -0.4 is 5.32 Å². The molecule has 122 valence electrons. The Bertz CT molecular complexity index is 489. The van der Waals surface area contributed by atoms with Gasteiger partial charge in [-0.3, -0.25) is 9.78 Å². The van der Waals surface area contributed by atoms with Gasteiger partial charge in [-0.25, -0.2) is 0 Å². The van der Waals surface area contributed by atoms with Crippen molar-refractivity contribution in [3.8, 4) is 0 Å². The number of rotatable bonds is 5. The Morgan fingerprint density at radius 3 is 2.91 bits per heavy atom. The van der Waals surface area contributed by atoms with E-state index in [1.54, 1.807) is 12.4 Å². The number of amides is 1. The number of hydrogen-bond acceptors (Lipinski definition) is 3. The van der Waals surface area contributed by atoms with Gasteiger partial charge in [0.15, 0.2) is 0 Å². The number of nitrogens with one attached hydrogen (secondary N) is 1. The van der Waals surface area contributed by atoms with Gasteiger partial charge in [-0.1, -0.05) is 33.3 Å². The van der Waals surface area contributed by atoms with Crippen molar-refractivity contribution in [1.82, 2.24) is 10.3 Å². The Hall–Kier alpha value is -1.42. The predicted molar refractivity (Wildman–Crippen MR) is 87.2 cm³/mol. The minimum Gasteiger partial charge on any atom is -0.380 e. The largest absolute Gasteiger partial charge is 0.380 e. The van der Waals surface area contributed by atoms with E-state index in [0.29, 0.717) is 24.8 Å². The maximum absolute atomic E-state index is 12.6. The molecule has 2 unspecified atom stereocenters. The molecule has 1 fully saturated rings. The van der Waals surface area contributed by atoms with E-state index in [1.807, 2.05) is 12.1 Å². The molecule has 1 heterocycles. The highest BCUT2D eigenvalue weighted by molar-refractivity contribution is 5.85. The summed E-state index contributed by atoms with van der Waals surface area (Å²) in [5.74, 6) is 0.536. The van der Waals surface area contributed by atoms with Crippen LogP contribution in [-0.4, -0.2) is 28.1 Å². The van der Waals surface area contributed by atoms with Gasteiger partial charge in [0.2, 0.25) is 0 Å². The third-order valence-electron chi connectivity index (χ3n) is 4.86. The number of hydrogen-bond donors (Lipinski definition) is 2. The van der Waals surface area contributed by atoms with Crippen molar-refractivity contribution >= 4 is 5.91 Å². The molecular weight excluding hydrogens is 276 g/mol. The molecule has 0 radical (unpaired) electrons. The average Bonchev–Trinajstić information content (AvgIpc) is 2.47. The number of nitrogens with zero attached hydrogens (tertiary/aromatic N) is 1. The Labute approximate surface area is 133 Å². The molecule has 1 aliphatic carbocycles. The molecule has 2 N–H and O–H groups in total. The molecule has 0 aromatic carbocycles. The molecule has 2 rings (SSSR count). The fraction of sp³-hybridized carbons (Fsp3) is 0.667. The standard InChI is InChI=1S/C18H28N2O2/c1-13(2)16-7-6-14(3)11-18(16,22)17(21)20-10-8-15-5-4-9-19-12-15/h4-5,9,12-14,16,22H,6-8,10-11H2,1-3H3,(H,20,21)/t14?,16?,18-/m1/s1. The minimum absolute atomic E-state index is 0.0436. The van der Waals surface area contributed by atoms with Crippen LogP contribution in [0.4, 0.5) is 0 Å². The maximum Gasteiger partial charge on any atom is 0.252 e. The second-order valence-corrected chi connectivity index (χ2v) is 7.03. The molecule has 1 amide bonds. The van der Waals surface area contributed by atoms with Crippen LogP contribution in [0.5, 0.6) is 0 Å². The summed E-state index contributed by atoms with van der Waals surface area (Å²) >= 11 is 0. The molecule has 1 saturated carbocycles. The first-order valence-electron chi connectivity index (χ1n) is 8.33. The monoisotopic (exact) mass is 304 g/mol. The van der Waals surface area contributed by atoms with Crippen LogP contribution in [0.1, 0.15) is 45.6 Å². The van der Waals surface area contributed by atoms with E-state index < -0.39 is 5.60 Å². The molecule has 0 bridgehead atoms. The van der Waals surface area contributed by atoms with Crippen LogP contribution in [0.25, 0.3) is 0 Å². The SMILES string of the molecule is CC1CCC(C(C)C)[C@@](O)(C(=O)NCCc2cccnc2)C1. The molecule has 0 spiro atoms. The zero-order valence-corrected chi connectivity index (χ0v) is 13.9. The molecule has 1 aromatic rings. The van der Waals surface area contributed by atoms with Gasteiger partial charge in [0.05, 0.1) is 0 Å². The molecule has 22 heavy (non-hydrogen) atoms. The normalized spacial score (nSPS) is 28.6. The second kappa shape index (κ2) is 7.23. The van der Waals surface area contributed by atoms with E-state index in [1.165, 1.54) is 0 Å². The maximum atomic E-state index is 12.6. The smallest absolute Gasteiger partial charge is 0.252 e. The number of carbonyl (C=O) groups is 1. The highest BCUT2D eigenvalue weighted by Crippen LogP contribution is 2.41. The summed E-state index contributed by atoms with van der Waals surface area (Å²) in [6.07, 6.45) is 6.85. The van der Waals surface area contributed by atoms with E-state index in [4.69, 9.17) is 0 Å². The van der Waals surface area contributed by atoms with Gasteiger partial charge < -0.3 is 10.4 Å². The first kappa shape index (κ1) is 16.9. The van der Waals surface area contributed by atoms with Crippen LogP contribution in [0.2, 0.25) is 0 Å². The van der Waals surface area contributed by atoms with Gasteiger partial charge in [0, 0.05) is 18.9 Å². The summed E-state index contributed by atoms with van der Waals surface area (Å²) in [7, 11) is 0. The summed E-state index contributed by atoms with van der Waals surface area (Å²) in [5.41, 5.74) is -0.131. The Morgan fingerprint density at radius 1 is 1.50 bits per heavy atom. The van der Waals surface area contributed by atoms with E-state index in [-0.39, 0.29) is 11.8 Å². The van der Waals surface area contributed by atoms with Crippen molar-refractivity contribution in [2.24, 2.45) is 17.8 Å². The van der Waals surface area contributed by atoms with Gasteiger partial charge in [-0.15, -0.1) is 0 Å². The lowest BCUT2D eigenvalue weighted by Gasteiger charge is -2.43. The molecule has 3 atom stereocenters. The summed E-state index contributed by atoms with van der Waals surface area (Å²) in [5, 5.41) is 13.9. The summed E-state index contributed by atoms with van der Waals surface area (Å²) in [4.78, 5) is 16.7. The average molecular weight is 304 g/mol. The first-order chi connectivity index (χ1) is 10.4. The van der Waals surface area contributed by atoms with Crippen molar-refractivity contribution in [2.75, 3.05) is 6.54 Å². The Morgan fingerprint density at radius 2 is 2.27 bits per heavy atom. The van der Waals surface area contributed by atoms with Gasteiger partial charge in [0.25, 0.3) is 5.91 Å². The molecule has 0 saturated heterocycles. The first-order valence-corrected chi connectivity index (χ1v) is 8.33. The Kier molecular flexibility index (Phi) is 5.57. The summed E-state index contributed by atoms with van der Waals surface area (Å²) < 4.78 is 0. The van der Waals surface area contributed by atoms with Gasteiger partial charge in [-0.2, -0.15) is 0 Å². The lowest BCUT2D eigenvalue weighted by atomic mass is 9.66. The fourth-order valence-electron chi connectivity index (χ4n) is 3.65. The van der Waals surface area contributed by atoms with Crippen molar-refractivity contribution in [1.29, 1.82) is 0 Å². The molecule has 1 aliphatic rings. The van der Waals surface area contributed by atoms with Crippen molar-refractivity contribution in [2.45, 2.75) is 52.1 Å². The summed E-state index contributed by atoms with van der Waals surface area (Å²) in [6, 6.07) is 3.88. The van der Waals surface area contributed by atoms with Crippen molar-refractivity contribution in [3.63, 3.8) is 0 Å². The lowest BCUT2D eigenvalue weighted by Crippen LogP contribution is -2.56. The molecule has 1 aromatic heterocycles. The van der Waals surface area contributed by atoms with Crippen LogP contribution >= 0.6 is 0 Å². The van der Waals surface area contributed by atoms with Crippen molar-refractivity contribution in [3.05, 3.63) is 30.1 Å². The van der Waals surface area contributed by atoms with Crippen LogP contribution in [0.3, 0.4) is 0 Å². The predicted octanol–water partition coefficient (Wildman–Crippen LogP) is 2.56. The molecule has 4 nitrogen and oxygen atoms in total. The van der Waals surface area contributed by atoms with Gasteiger partial charge in [-0.05, 0) is 48.6 Å². The number of carbonyl (C=O) groups excluding carboxylic acids is 1. The van der Waals surface area contributed by atoms with Crippen molar-refractivity contribution < 1.29 is 9.90 Å². The lowest BCUT2D eigenvalue weighted by molar-refractivity contribution is -0.155. The highest BCUT2D eigenvalue weighted by atomic mass is 16.3. The molecule has 4 heteroatoms. The zero-order chi connectivity index (χ0) is 16.2. The minimum atomic E-state index is -1.22. The quantitative estimate of drug-likeness (QED) is 0.879. The van der Waals surface area contributed by atoms with Crippen LogP contribution in [-0.2, 0) is 11.2 Å². The number of aromatic nitrogens is 1. The van der Waals surface area contributed by atoms with Crippen LogP contribution in [0, 0.1) is 17.8 Å². The molecular formula is C18H28N2O2.